The molecule has 0 radical (unpaired) electrons. The molecule has 106 valence electrons. The fourth-order valence-electron chi connectivity index (χ4n) is 2.28. The second kappa shape index (κ2) is 6.48. The number of halogens is 1. The summed E-state index contributed by atoms with van der Waals surface area (Å²) < 4.78 is 18.9. The van der Waals surface area contributed by atoms with Crippen LogP contribution in [0.4, 0.5) is 4.39 Å². The summed E-state index contributed by atoms with van der Waals surface area (Å²) in [4.78, 5) is 4.22. The summed E-state index contributed by atoms with van der Waals surface area (Å²) in [6, 6.07) is 6.47. The van der Waals surface area contributed by atoms with Crippen LogP contribution in [-0.4, -0.2) is 18.6 Å². The molecule has 3 nitrogen and oxygen atoms in total. The van der Waals surface area contributed by atoms with Crippen LogP contribution in [0.1, 0.15) is 29.7 Å². The molecule has 0 aliphatic rings. The first-order valence-electron chi connectivity index (χ1n) is 6.64. The summed E-state index contributed by atoms with van der Waals surface area (Å²) in [5.74, 6) is 0.392. The molecule has 4 heteroatoms. The zero-order valence-corrected chi connectivity index (χ0v) is 12.0. The Kier molecular flexibility index (Phi) is 4.69. The fourth-order valence-corrected chi connectivity index (χ4v) is 2.28. The van der Waals surface area contributed by atoms with Gasteiger partial charge in [-0.2, -0.15) is 0 Å². The van der Waals surface area contributed by atoms with Crippen molar-refractivity contribution in [1.29, 1.82) is 0 Å². The van der Waals surface area contributed by atoms with E-state index in [1.807, 2.05) is 19.9 Å². The van der Waals surface area contributed by atoms with Gasteiger partial charge in [-0.05, 0) is 42.8 Å². The Bertz CT molecular complexity index is 586. The maximum Gasteiger partial charge on any atom is 0.124 e. The van der Waals surface area contributed by atoms with Crippen LogP contribution in [0, 0.1) is 12.7 Å². The number of hydrogen-bond donors (Lipinski definition) is 1. The molecule has 0 amide bonds. The van der Waals surface area contributed by atoms with E-state index < -0.39 is 0 Å². The highest BCUT2D eigenvalue weighted by Gasteiger charge is 2.18. The highest BCUT2D eigenvalue weighted by atomic mass is 19.1. The number of pyridine rings is 1. The molecule has 0 aliphatic carbocycles. The monoisotopic (exact) mass is 274 g/mol. The van der Waals surface area contributed by atoms with Crippen LogP contribution in [-0.2, 0) is 0 Å². The van der Waals surface area contributed by atoms with Gasteiger partial charge in [0.2, 0.25) is 0 Å². The van der Waals surface area contributed by atoms with E-state index in [0.717, 1.165) is 23.2 Å². The van der Waals surface area contributed by atoms with Crippen molar-refractivity contribution in [2.24, 2.45) is 0 Å². The molecule has 1 aromatic carbocycles. The minimum absolute atomic E-state index is 0.141. The number of nitrogens with zero attached hydrogens (tertiary/aromatic N) is 1. The van der Waals surface area contributed by atoms with E-state index in [0.29, 0.717) is 5.75 Å². The van der Waals surface area contributed by atoms with Crippen LogP contribution in [0.15, 0.2) is 36.7 Å². The fraction of sp³-hybridized carbons (Fsp3) is 0.312. The van der Waals surface area contributed by atoms with Gasteiger partial charge in [0.25, 0.3) is 0 Å². The third kappa shape index (κ3) is 3.14. The molecule has 2 rings (SSSR count). The molecule has 0 aliphatic heterocycles. The normalized spacial score (nSPS) is 12.2. The van der Waals surface area contributed by atoms with Gasteiger partial charge in [-0.25, -0.2) is 4.39 Å². The number of rotatable bonds is 5. The molecule has 0 fully saturated rings. The third-order valence-corrected chi connectivity index (χ3v) is 3.14. The lowest BCUT2D eigenvalue weighted by Gasteiger charge is -2.21. The Balaban J connectivity index is 2.50. The lowest BCUT2D eigenvalue weighted by Crippen LogP contribution is -2.23. The Morgan fingerprint density at radius 2 is 2.10 bits per heavy atom. The van der Waals surface area contributed by atoms with E-state index in [9.17, 15) is 4.39 Å². The largest absolute Gasteiger partial charge is 0.496 e. The molecular weight excluding hydrogens is 255 g/mol. The van der Waals surface area contributed by atoms with Crippen LogP contribution in [0.25, 0.3) is 0 Å². The predicted molar refractivity (Wildman–Crippen MR) is 77.4 cm³/mol. The standard InChI is InChI=1S/C16H19FN2O/c1-4-19-16(12-7-11(2)9-18-10-12)14-8-13(17)5-6-15(14)20-3/h5-10,16,19H,4H2,1-3H3. The number of nitrogens with one attached hydrogen (secondary N) is 1. The summed E-state index contributed by atoms with van der Waals surface area (Å²) in [5, 5.41) is 3.36. The molecule has 1 aromatic heterocycles. The summed E-state index contributed by atoms with van der Waals surface area (Å²) in [5.41, 5.74) is 2.85. The third-order valence-electron chi connectivity index (χ3n) is 3.14. The number of benzene rings is 1. The van der Waals surface area contributed by atoms with Gasteiger partial charge in [-0.15, -0.1) is 0 Å². The Morgan fingerprint density at radius 3 is 2.75 bits per heavy atom. The number of ether oxygens (including phenoxy) is 1. The van der Waals surface area contributed by atoms with Crippen LogP contribution in [0.3, 0.4) is 0 Å². The minimum Gasteiger partial charge on any atom is -0.496 e. The smallest absolute Gasteiger partial charge is 0.124 e. The summed E-state index contributed by atoms with van der Waals surface area (Å²) in [7, 11) is 1.59. The average molecular weight is 274 g/mol. The van der Waals surface area contributed by atoms with Crippen LogP contribution in [0.2, 0.25) is 0 Å². The van der Waals surface area contributed by atoms with Crippen molar-refractivity contribution >= 4 is 0 Å². The molecule has 0 bridgehead atoms. The molecular formula is C16H19FN2O. The Hall–Kier alpha value is -1.94. The van der Waals surface area contributed by atoms with E-state index in [2.05, 4.69) is 10.3 Å². The van der Waals surface area contributed by atoms with Crippen molar-refractivity contribution in [3.63, 3.8) is 0 Å². The number of aryl methyl sites for hydroxylation is 1. The maximum atomic E-state index is 13.6. The lowest BCUT2D eigenvalue weighted by molar-refractivity contribution is 0.402. The highest BCUT2D eigenvalue weighted by Crippen LogP contribution is 2.30. The second-order valence-corrected chi connectivity index (χ2v) is 4.67. The van der Waals surface area contributed by atoms with Gasteiger partial charge in [-0.1, -0.05) is 13.0 Å². The number of aromatic nitrogens is 1. The highest BCUT2D eigenvalue weighted by molar-refractivity contribution is 5.42. The van der Waals surface area contributed by atoms with Gasteiger partial charge in [-0.3, -0.25) is 4.98 Å². The zero-order valence-electron chi connectivity index (χ0n) is 12.0. The quantitative estimate of drug-likeness (QED) is 0.909. The second-order valence-electron chi connectivity index (χ2n) is 4.67. The minimum atomic E-state index is -0.274. The van der Waals surface area contributed by atoms with Crippen molar-refractivity contribution < 1.29 is 9.13 Å². The first-order valence-corrected chi connectivity index (χ1v) is 6.64. The molecule has 20 heavy (non-hydrogen) atoms. The van der Waals surface area contributed by atoms with Crippen LogP contribution >= 0.6 is 0 Å². The van der Waals surface area contributed by atoms with E-state index in [-0.39, 0.29) is 11.9 Å². The molecule has 1 heterocycles. The summed E-state index contributed by atoms with van der Waals surface area (Å²) >= 11 is 0. The summed E-state index contributed by atoms with van der Waals surface area (Å²) in [6.45, 7) is 4.77. The van der Waals surface area contributed by atoms with Crippen LogP contribution < -0.4 is 10.1 Å². The molecule has 0 saturated carbocycles. The maximum absolute atomic E-state index is 13.6. The molecule has 0 saturated heterocycles. The van der Waals surface area contributed by atoms with Gasteiger partial charge < -0.3 is 10.1 Å². The molecule has 1 atom stereocenters. The Labute approximate surface area is 118 Å². The Morgan fingerprint density at radius 1 is 1.30 bits per heavy atom. The van der Waals surface area contributed by atoms with Crippen molar-refractivity contribution in [1.82, 2.24) is 10.3 Å². The van der Waals surface area contributed by atoms with Gasteiger partial charge in [0, 0.05) is 18.0 Å². The van der Waals surface area contributed by atoms with Gasteiger partial charge in [0.05, 0.1) is 13.2 Å². The van der Waals surface area contributed by atoms with Gasteiger partial charge >= 0.3 is 0 Å². The van der Waals surface area contributed by atoms with Crippen molar-refractivity contribution in [3.05, 3.63) is 59.2 Å². The van der Waals surface area contributed by atoms with Gasteiger partial charge in [0.1, 0.15) is 11.6 Å². The summed E-state index contributed by atoms with van der Waals surface area (Å²) in [6.07, 6.45) is 3.60. The zero-order chi connectivity index (χ0) is 14.5. The van der Waals surface area contributed by atoms with Gasteiger partial charge in [0.15, 0.2) is 0 Å². The number of hydrogen-bond acceptors (Lipinski definition) is 3. The average Bonchev–Trinajstić information content (AvgIpc) is 2.44. The lowest BCUT2D eigenvalue weighted by atomic mass is 9.98. The van der Waals surface area contributed by atoms with Crippen molar-refractivity contribution in [2.45, 2.75) is 19.9 Å². The molecule has 1 N–H and O–H groups in total. The molecule has 1 unspecified atom stereocenters. The van der Waals surface area contributed by atoms with Crippen molar-refractivity contribution in [3.8, 4) is 5.75 Å². The predicted octanol–water partition coefficient (Wildman–Crippen LogP) is 3.24. The van der Waals surface area contributed by atoms with E-state index >= 15 is 0 Å². The molecule has 0 spiro atoms. The molecule has 2 aromatic rings. The van der Waals surface area contributed by atoms with E-state index in [4.69, 9.17) is 4.74 Å². The topological polar surface area (TPSA) is 34.2 Å². The SMILES string of the molecule is CCNC(c1cncc(C)c1)c1cc(F)ccc1OC. The first-order chi connectivity index (χ1) is 9.65. The van der Waals surface area contributed by atoms with Crippen LogP contribution in [0.5, 0.6) is 5.75 Å². The van der Waals surface area contributed by atoms with E-state index in [1.54, 1.807) is 25.6 Å². The van der Waals surface area contributed by atoms with E-state index in [1.165, 1.54) is 12.1 Å². The van der Waals surface area contributed by atoms with Crippen molar-refractivity contribution in [2.75, 3.05) is 13.7 Å². The number of methoxy groups -OCH3 is 1. The first kappa shape index (κ1) is 14.5.